The van der Waals surface area contributed by atoms with E-state index in [-0.39, 0.29) is 36.6 Å². The molecule has 4 aromatic rings. The normalized spacial score (nSPS) is 13.1. The van der Waals surface area contributed by atoms with E-state index in [1.165, 1.54) is 19.8 Å². The van der Waals surface area contributed by atoms with Gasteiger partial charge in [0.05, 0.1) is 39.1 Å². The molecule has 3 N–H and O–H groups in total. The minimum atomic E-state index is -1.11. The number of ether oxygens (including phenoxy) is 2. The molecule has 0 saturated carbocycles. The van der Waals surface area contributed by atoms with Gasteiger partial charge in [0.1, 0.15) is 6.10 Å². The molecule has 0 aliphatic heterocycles. The van der Waals surface area contributed by atoms with Crippen LogP contribution in [0, 0.1) is 31.6 Å². The number of amides is 2. The van der Waals surface area contributed by atoms with Crippen molar-refractivity contribution < 1.29 is 33.8 Å². The summed E-state index contributed by atoms with van der Waals surface area (Å²) in [5.74, 6) is -0.783. The van der Waals surface area contributed by atoms with Crippen LogP contribution in [0.3, 0.4) is 0 Å². The SMILES string of the molecule is COC(=O)C[C@H](NC(=O)[C@H](C)CC(C)C)c1cccc(-c2ccccc2C)c1.COC(=O)C[C@H](NC(=O)[C@H](O)CC(C)C)c1cccc(-c2ccccc2C)c1. The summed E-state index contributed by atoms with van der Waals surface area (Å²) in [5, 5.41) is 16.0. The van der Waals surface area contributed by atoms with Gasteiger partial charge in [-0.1, -0.05) is 120 Å². The minimum absolute atomic E-state index is 0.00609. The Morgan fingerprint density at radius 2 is 0.982 bits per heavy atom. The lowest BCUT2D eigenvalue weighted by Crippen LogP contribution is -2.38. The van der Waals surface area contributed by atoms with E-state index < -0.39 is 30.1 Å². The van der Waals surface area contributed by atoms with Crippen LogP contribution in [0.4, 0.5) is 0 Å². The van der Waals surface area contributed by atoms with Crippen LogP contribution in [-0.4, -0.2) is 49.2 Å². The highest BCUT2D eigenvalue weighted by Gasteiger charge is 2.25. The maximum Gasteiger partial charge on any atom is 0.307 e. The van der Waals surface area contributed by atoms with Crippen molar-refractivity contribution in [3.05, 3.63) is 119 Å². The Hall–Kier alpha value is -5.28. The third kappa shape index (κ3) is 14.1. The largest absolute Gasteiger partial charge is 0.469 e. The van der Waals surface area contributed by atoms with Gasteiger partial charge in [-0.15, -0.1) is 0 Å². The quantitative estimate of drug-likeness (QED) is 0.0972. The molecule has 4 atom stereocenters. The zero-order valence-corrected chi connectivity index (χ0v) is 34.4. The number of hydrogen-bond donors (Lipinski definition) is 3. The Balaban J connectivity index is 0.000000300. The van der Waals surface area contributed by atoms with Crippen molar-refractivity contribution in [3.8, 4) is 22.3 Å². The van der Waals surface area contributed by atoms with Crippen LogP contribution in [0.2, 0.25) is 0 Å². The molecule has 9 heteroatoms. The Kier molecular flexibility index (Phi) is 18.0. The standard InChI is InChI=1S/C24H31NO3.C23H29NO4/c1-16(2)13-18(4)24(27)25-22(15-23(26)28-5)20-11-8-10-19(14-20)21-12-7-6-9-17(21)3;1-15(2)12-21(25)23(27)24-20(14-22(26)28-4)18-10-7-9-17(13-18)19-11-6-5-8-16(19)3/h6-12,14,16,18,22H,13,15H2,1-5H3,(H,25,27);5-11,13,15,20-21,25H,12,14H2,1-4H3,(H,24,27)/t18-,22+;20-,21+/m10/s1. The van der Waals surface area contributed by atoms with Gasteiger partial charge in [0.25, 0.3) is 0 Å². The van der Waals surface area contributed by atoms with Crippen molar-refractivity contribution in [2.75, 3.05) is 14.2 Å². The van der Waals surface area contributed by atoms with Crippen LogP contribution < -0.4 is 10.6 Å². The molecule has 0 heterocycles. The van der Waals surface area contributed by atoms with E-state index in [0.717, 1.165) is 45.4 Å². The number of rotatable bonds is 16. The predicted octanol–water partition coefficient (Wildman–Crippen LogP) is 8.85. The van der Waals surface area contributed by atoms with E-state index in [1.807, 2.05) is 113 Å². The highest BCUT2D eigenvalue weighted by atomic mass is 16.5. The van der Waals surface area contributed by atoms with E-state index in [1.54, 1.807) is 0 Å². The number of esters is 2. The van der Waals surface area contributed by atoms with Crippen molar-refractivity contribution >= 4 is 23.8 Å². The molecule has 0 aromatic heterocycles. The first-order chi connectivity index (χ1) is 26.6. The average Bonchev–Trinajstić information content (AvgIpc) is 3.17. The molecule has 2 amide bonds. The molecule has 0 aliphatic carbocycles. The molecule has 0 saturated heterocycles. The molecule has 0 aliphatic rings. The highest BCUT2D eigenvalue weighted by Crippen LogP contribution is 2.29. The molecule has 0 fully saturated rings. The Bertz CT molecular complexity index is 1770. The van der Waals surface area contributed by atoms with Gasteiger partial charge >= 0.3 is 11.9 Å². The average molecular weight is 765 g/mol. The number of methoxy groups -OCH3 is 2. The van der Waals surface area contributed by atoms with Crippen molar-refractivity contribution in [1.29, 1.82) is 0 Å². The number of benzene rings is 4. The summed E-state index contributed by atoms with van der Waals surface area (Å²) >= 11 is 0. The maximum absolute atomic E-state index is 12.7. The van der Waals surface area contributed by atoms with E-state index >= 15 is 0 Å². The lowest BCUT2D eigenvalue weighted by molar-refractivity contribution is -0.142. The fourth-order valence-corrected chi connectivity index (χ4v) is 6.59. The number of hydrogen-bond acceptors (Lipinski definition) is 7. The van der Waals surface area contributed by atoms with Gasteiger partial charge in [-0.2, -0.15) is 0 Å². The van der Waals surface area contributed by atoms with Crippen LogP contribution in [0.15, 0.2) is 97.1 Å². The van der Waals surface area contributed by atoms with Gasteiger partial charge in [-0.3, -0.25) is 19.2 Å². The smallest absolute Gasteiger partial charge is 0.307 e. The van der Waals surface area contributed by atoms with Crippen molar-refractivity contribution in [1.82, 2.24) is 10.6 Å². The zero-order chi connectivity index (χ0) is 41.4. The lowest BCUT2D eigenvalue weighted by Gasteiger charge is -2.22. The molecule has 0 radical (unpaired) electrons. The lowest BCUT2D eigenvalue weighted by atomic mass is 9.94. The summed E-state index contributed by atoms with van der Waals surface area (Å²) < 4.78 is 9.64. The number of nitrogens with one attached hydrogen (secondary N) is 2. The predicted molar refractivity (Wildman–Crippen MR) is 222 cm³/mol. The third-order valence-corrected chi connectivity index (χ3v) is 9.59. The molecule has 4 aromatic carbocycles. The topological polar surface area (TPSA) is 131 Å². The summed E-state index contributed by atoms with van der Waals surface area (Å²) in [4.78, 5) is 49.0. The fourth-order valence-electron chi connectivity index (χ4n) is 6.59. The molecule has 300 valence electrons. The molecule has 0 unspecified atom stereocenters. The second-order valence-electron chi connectivity index (χ2n) is 15.2. The van der Waals surface area contributed by atoms with Crippen LogP contribution in [0.25, 0.3) is 22.3 Å². The Morgan fingerprint density at radius 1 is 0.571 bits per heavy atom. The minimum Gasteiger partial charge on any atom is -0.469 e. The first kappa shape index (κ1) is 45.1. The van der Waals surface area contributed by atoms with E-state index in [9.17, 15) is 24.3 Å². The van der Waals surface area contributed by atoms with Gasteiger partial charge in [-0.25, -0.2) is 0 Å². The summed E-state index contributed by atoms with van der Waals surface area (Å²) in [7, 11) is 2.69. The second kappa shape index (κ2) is 22.3. The molecule has 9 nitrogen and oxygen atoms in total. The van der Waals surface area contributed by atoms with Crippen LogP contribution in [0.5, 0.6) is 0 Å². The molecule has 4 rings (SSSR count). The monoisotopic (exact) mass is 764 g/mol. The summed E-state index contributed by atoms with van der Waals surface area (Å²) in [6, 6.07) is 30.9. The van der Waals surface area contributed by atoms with E-state index in [0.29, 0.717) is 12.3 Å². The van der Waals surface area contributed by atoms with E-state index in [4.69, 9.17) is 9.47 Å². The van der Waals surface area contributed by atoms with Gasteiger partial charge in [0.2, 0.25) is 11.8 Å². The molecule has 0 spiro atoms. The zero-order valence-electron chi connectivity index (χ0n) is 34.4. The van der Waals surface area contributed by atoms with Crippen molar-refractivity contribution in [2.24, 2.45) is 17.8 Å². The van der Waals surface area contributed by atoms with Crippen molar-refractivity contribution in [3.63, 3.8) is 0 Å². The van der Waals surface area contributed by atoms with Crippen molar-refractivity contribution in [2.45, 2.75) is 92.3 Å². The third-order valence-electron chi connectivity index (χ3n) is 9.59. The van der Waals surface area contributed by atoms with Crippen LogP contribution >= 0.6 is 0 Å². The van der Waals surface area contributed by atoms with Crippen LogP contribution in [-0.2, 0) is 28.7 Å². The molecular weight excluding hydrogens is 705 g/mol. The maximum atomic E-state index is 12.7. The van der Waals surface area contributed by atoms with E-state index in [2.05, 4.69) is 43.5 Å². The molecule has 56 heavy (non-hydrogen) atoms. The number of aryl methyl sites for hydroxylation is 2. The number of aliphatic hydroxyl groups excluding tert-OH is 1. The van der Waals surface area contributed by atoms with Gasteiger partial charge in [0.15, 0.2) is 0 Å². The fraction of sp³-hybridized carbons (Fsp3) is 0.404. The number of carbonyl (C=O) groups excluding carboxylic acids is 4. The molecule has 0 bridgehead atoms. The molecular formula is C47H60N2O7. The highest BCUT2D eigenvalue weighted by molar-refractivity contribution is 5.82. The van der Waals surface area contributed by atoms with Crippen LogP contribution in [0.1, 0.15) is 94.6 Å². The second-order valence-corrected chi connectivity index (χ2v) is 15.2. The Morgan fingerprint density at radius 3 is 1.38 bits per heavy atom. The number of aliphatic hydroxyl groups is 1. The number of carbonyl (C=O) groups is 4. The first-order valence-electron chi connectivity index (χ1n) is 19.4. The van der Waals surface area contributed by atoms with Gasteiger partial charge in [-0.05, 0) is 95.2 Å². The Labute approximate surface area is 333 Å². The van der Waals surface area contributed by atoms with Gasteiger partial charge in [0, 0.05) is 5.92 Å². The summed E-state index contributed by atoms with van der Waals surface area (Å²) in [6.45, 7) is 14.1. The summed E-state index contributed by atoms with van der Waals surface area (Å²) in [6.07, 6.45) is 0.154. The first-order valence-corrected chi connectivity index (χ1v) is 19.4. The van der Waals surface area contributed by atoms with Gasteiger partial charge < -0.3 is 25.2 Å². The summed E-state index contributed by atoms with van der Waals surface area (Å²) in [5.41, 5.74) is 8.30.